The minimum absolute atomic E-state index is 0.0767. The van der Waals surface area contributed by atoms with Gasteiger partial charge in [-0.05, 0) is 65.1 Å². The van der Waals surface area contributed by atoms with Gasteiger partial charge in [0.1, 0.15) is 16.7 Å². The largest absolute Gasteiger partial charge is 0.395 e. The number of pyridine rings is 4. The molecule has 0 radical (unpaired) electrons. The van der Waals surface area contributed by atoms with Gasteiger partial charge < -0.3 is 36.6 Å². The number of allylic oxidation sites excluding steroid dienone is 2. The fourth-order valence-corrected chi connectivity index (χ4v) is 6.50. The van der Waals surface area contributed by atoms with Gasteiger partial charge in [0, 0.05) is 75.2 Å². The van der Waals surface area contributed by atoms with E-state index in [4.69, 9.17) is 25.0 Å². The Bertz CT molecular complexity index is 2170. The maximum Gasteiger partial charge on any atom is 0.236 e. The molecule has 13 nitrogen and oxygen atoms in total. The van der Waals surface area contributed by atoms with Gasteiger partial charge in [-0.15, -0.1) is 0 Å². The number of nitrogens with one attached hydrogen (secondary N) is 5. The molecule has 6 N–H and O–H groups in total. The molecule has 5 aromatic rings. The first-order valence-electron chi connectivity index (χ1n) is 17.7. The second kappa shape index (κ2) is 16.7. The average Bonchev–Trinajstić information content (AvgIpc) is 3.16. The lowest BCUT2D eigenvalue weighted by atomic mass is 9.78. The van der Waals surface area contributed by atoms with Crippen LogP contribution in [-0.2, 0) is 22.7 Å². The molecular weight excluding hydrogens is 669 g/mol. The van der Waals surface area contributed by atoms with Crippen LogP contribution in [0.1, 0.15) is 29.2 Å². The normalized spacial score (nSPS) is 16.7. The van der Waals surface area contributed by atoms with Gasteiger partial charge in [0.15, 0.2) is 11.6 Å². The predicted octanol–water partition coefficient (Wildman–Crippen LogP) is 3.77. The highest BCUT2D eigenvalue weighted by Gasteiger charge is 2.40. The van der Waals surface area contributed by atoms with E-state index in [1.807, 2.05) is 24.3 Å². The van der Waals surface area contributed by atoms with Crippen molar-refractivity contribution in [1.29, 1.82) is 0 Å². The Morgan fingerprint density at radius 3 is 2.06 bits per heavy atom. The van der Waals surface area contributed by atoms with Crippen LogP contribution in [-0.4, -0.2) is 87.8 Å². The van der Waals surface area contributed by atoms with Crippen LogP contribution in [0, 0.1) is 12.8 Å². The minimum Gasteiger partial charge on any atom is -0.395 e. The number of fused-ring (bicyclic) bond motifs is 2. The number of likely N-dealkylation sites (N-methyl/N-ethyl adjacent to an activating group) is 2. The Labute approximate surface area is 309 Å². The summed E-state index contributed by atoms with van der Waals surface area (Å²) in [5, 5.41) is 27.4. The Balaban J connectivity index is 1.32. The zero-order valence-corrected chi connectivity index (χ0v) is 30.5. The van der Waals surface area contributed by atoms with E-state index in [9.17, 15) is 9.59 Å². The van der Waals surface area contributed by atoms with Crippen molar-refractivity contribution in [2.45, 2.75) is 32.6 Å². The summed E-state index contributed by atoms with van der Waals surface area (Å²) in [5.74, 6) is 0.891. The molecule has 0 bridgehead atoms. The molecule has 13 heteroatoms. The number of aromatic nitrogens is 4. The number of hydrogen-bond donors (Lipinski definition) is 6. The summed E-state index contributed by atoms with van der Waals surface area (Å²) in [5.41, 5.74) is 5.83. The van der Waals surface area contributed by atoms with Crippen molar-refractivity contribution in [2.75, 3.05) is 51.0 Å². The van der Waals surface area contributed by atoms with E-state index >= 15 is 0 Å². The smallest absolute Gasteiger partial charge is 0.236 e. The van der Waals surface area contributed by atoms with E-state index in [0.29, 0.717) is 42.3 Å². The number of aliphatic hydroxyl groups excluding tert-OH is 1. The van der Waals surface area contributed by atoms with Gasteiger partial charge in [0.05, 0.1) is 19.7 Å². The summed E-state index contributed by atoms with van der Waals surface area (Å²) in [6, 6.07) is 16.3. The van der Waals surface area contributed by atoms with Gasteiger partial charge in [0.25, 0.3) is 0 Å². The summed E-state index contributed by atoms with van der Waals surface area (Å²) >= 11 is 0. The monoisotopic (exact) mass is 714 g/mol. The van der Waals surface area contributed by atoms with E-state index < -0.39 is 5.66 Å². The lowest BCUT2D eigenvalue weighted by molar-refractivity contribution is -0.129. The third kappa shape index (κ3) is 8.49. The van der Waals surface area contributed by atoms with Crippen molar-refractivity contribution in [2.24, 2.45) is 5.92 Å². The number of aryl methyl sites for hydroxylation is 1. The SMILES string of the molecule is CNC(=O)CNCc1cnc2c(NC3(Nc4nccc5cc(CNCC(=O)N(C)CCO)cnc45)C=CC=C(c4ccccc4C)C3C)nccc2c1. The summed E-state index contributed by atoms with van der Waals surface area (Å²) in [7, 11) is 3.28. The third-order valence-corrected chi connectivity index (χ3v) is 9.56. The molecule has 53 heavy (non-hydrogen) atoms. The van der Waals surface area contributed by atoms with Crippen LogP contribution in [0.2, 0.25) is 0 Å². The second-order valence-electron chi connectivity index (χ2n) is 13.2. The van der Waals surface area contributed by atoms with Crippen molar-refractivity contribution in [3.63, 3.8) is 0 Å². The van der Waals surface area contributed by atoms with Gasteiger partial charge in [-0.2, -0.15) is 0 Å². The van der Waals surface area contributed by atoms with Crippen molar-refractivity contribution in [3.8, 4) is 0 Å². The number of benzene rings is 1. The first-order valence-corrected chi connectivity index (χ1v) is 17.7. The molecular formula is C40H46N10O3. The molecule has 0 fully saturated rings. The van der Waals surface area contributed by atoms with Crippen molar-refractivity contribution in [1.82, 2.24) is 40.8 Å². The molecule has 274 valence electrons. The van der Waals surface area contributed by atoms with Crippen molar-refractivity contribution in [3.05, 3.63) is 114 Å². The highest BCUT2D eigenvalue weighted by Crippen LogP contribution is 2.41. The lowest BCUT2D eigenvalue weighted by Crippen LogP contribution is -2.51. The van der Waals surface area contributed by atoms with Crippen molar-refractivity contribution >= 4 is 50.8 Å². The fraction of sp³-hybridized carbons (Fsp3) is 0.300. The summed E-state index contributed by atoms with van der Waals surface area (Å²) < 4.78 is 0. The summed E-state index contributed by atoms with van der Waals surface area (Å²) in [6.45, 7) is 5.83. The van der Waals surface area contributed by atoms with E-state index in [-0.39, 0.29) is 37.4 Å². The number of amides is 2. The van der Waals surface area contributed by atoms with Crippen LogP contribution in [0.3, 0.4) is 0 Å². The first kappa shape index (κ1) is 37.0. The zero-order chi connectivity index (χ0) is 37.4. The maximum atomic E-state index is 12.3. The van der Waals surface area contributed by atoms with Crippen LogP contribution in [0.15, 0.2) is 91.5 Å². The molecule has 6 rings (SSSR count). The minimum atomic E-state index is -0.910. The molecule has 4 aromatic heterocycles. The van der Waals surface area contributed by atoms with Gasteiger partial charge in [-0.25, -0.2) is 9.97 Å². The Morgan fingerprint density at radius 1 is 0.868 bits per heavy atom. The Morgan fingerprint density at radius 2 is 1.47 bits per heavy atom. The Kier molecular flexibility index (Phi) is 11.7. The van der Waals surface area contributed by atoms with Crippen LogP contribution in [0.25, 0.3) is 27.4 Å². The van der Waals surface area contributed by atoms with Crippen LogP contribution < -0.4 is 26.6 Å². The zero-order valence-electron chi connectivity index (χ0n) is 30.5. The molecule has 0 saturated heterocycles. The molecule has 0 spiro atoms. The summed E-state index contributed by atoms with van der Waals surface area (Å²) in [4.78, 5) is 44.8. The topological polar surface area (TPSA) is 169 Å². The number of nitrogens with zero attached hydrogens (tertiary/aromatic N) is 5. The number of hydrogen-bond acceptors (Lipinski definition) is 11. The van der Waals surface area contributed by atoms with E-state index in [1.54, 1.807) is 38.9 Å². The summed E-state index contributed by atoms with van der Waals surface area (Å²) in [6.07, 6.45) is 13.4. The van der Waals surface area contributed by atoms with Crippen LogP contribution in [0.4, 0.5) is 11.6 Å². The van der Waals surface area contributed by atoms with Gasteiger partial charge in [-0.1, -0.05) is 43.3 Å². The highest BCUT2D eigenvalue weighted by atomic mass is 16.3. The van der Waals surface area contributed by atoms with Crippen LogP contribution >= 0.6 is 0 Å². The lowest BCUT2D eigenvalue weighted by Gasteiger charge is -2.42. The number of rotatable bonds is 15. The standard InChI is InChI=1S/C40H46N10O3/c1-26-8-5-6-9-32(26)33-10-7-13-40(27(33)2,48-38-36-30(11-14-44-38)18-28(22-46-36)20-42-24-34(52)41-3)49-39-37-31(12-15-45-39)19-29(23-47-37)21-43-25-35(53)50(4)16-17-51/h5-15,18-19,22-23,27,42-43,51H,16-17,20-21,24-25H2,1-4H3,(H,41,52)(H,44,48)(H,45,49). The molecule has 4 heterocycles. The van der Waals surface area contributed by atoms with Crippen molar-refractivity contribution < 1.29 is 14.7 Å². The van der Waals surface area contributed by atoms with E-state index in [2.05, 4.69) is 82.9 Å². The van der Waals surface area contributed by atoms with Crippen LogP contribution in [0.5, 0.6) is 0 Å². The number of carbonyl (C=O) groups excluding carboxylic acids is 2. The second-order valence-corrected chi connectivity index (χ2v) is 13.2. The Hall–Kier alpha value is -5.76. The molecule has 2 unspecified atom stereocenters. The van der Waals surface area contributed by atoms with Gasteiger partial charge >= 0.3 is 0 Å². The molecule has 0 aliphatic heterocycles. The van der Waals surface area contributed by atoms with Gasteiger partial charge in [0.2, 0.25) is 11.8 Å². The van der Waals surface area contributed by atoms with E-state index in [1.165, 1.54) is 10.5 Å². The maximum absolute atomic E-state index is 12.3. The van der Waals surface area contributed by atoms with Gasteiger partial charge in [-0.3, -0.25) is 19.6 Å². The number of carbonyl (C=O) groups is 2. The highest BCUT2D eigenvalue weighted by molar-refractivity contribution is 5.91. The molecule has 1 aromatic carbocycles. The molecule has 2 amide bonds. The third-order valence-electron chi connectivity index (χ3n) is 9.56. The van der Waals surface area contributed by atoms with E-state index in [0.717, 1.165) is 33.0 Å². The molecule has 1 aliphatic carbocycles. The average molecular weight is 715 g/mol. The quantitative estimate of drug-likeness (QED) is 0.0874. The first-order chi connectivity index (χ1) is 25.7. The number of aliphatic hydroxyl groups is 1. The molecule has 1 aliphatic rings. The molecule has 2 atom stereocenters. The fourth-order valence-electron chi connectivity index (χ4n) is 6.50. The molecule has 0 saturated carbocycles. The predicted molar refractivity (Wildman–Crippen MR) is 209 cm³/mol. The number of anilines is 2.